The highest BCUT2D eigenvalue weighted by molar-refractivity contribution is 7.48. The van der Waals surface area contributed by atoms with Gasteiger partial charge in [-0.3, -0.25) is 9.59 Å². The molecule has 232 valence electrons. The predicted molar refractivity (Wildman–Crippen MR) is 170 cm³/mol. The van der Waals surface area contributed by atoms with Crippen molar-refractivity contribution in [2.45, 2.75) is 91.4 Å². The molecule has 0 fully saturated rings. The van der Waals surface area contributed by atoms with E-state index in [9.17, 15) is 9.59 Å². The zero-order valence-electron chi connectivity index (χ0n) is 27.6. The van der Waals surface area contributed by atoms with Gasteiger partial charge in [-0.2, -0.15) is 0 Å². The van der Waals surface area contributed by atoms with Crippen LogP contribution in [-0.2, 0) is 4.57 Å². The summed E-state index contributed by atoms with van der Waals surface area (Å²) in [6, 6.07) is 10.5. The Morgan fingerprint density at radius 2 is 0.857 bits per heavy atom. The van der Waals surface area contributed by atoms with E-state index in [1.165, 1.54) is 28.4 Å². The molecule has 0 N–H and O–H groups in total. The van der Waals surface area contributed by atoms with Crippen molar-refractivity contribution in [2.75, 3.05) is 28.4 Å². The molecule has 0 aliphatic rings. The number of ketones is 2. The molecule has 0 radical (unpaired) electrons. The van der Waals surface area contributed by atoms with Crippen LogP contribution in [0.15, 0.2) is 36.4 Å². The van der Waals surface area contributed by atoms with Crippen LogP contribution in [-0.4, -0.2) is 50.3 Å². The van der Waals surface area contributed by atoms with Crippen LogP contribution in [0.2, 0.25) is 0 Å². The van der Waals surface area contributed by atoms with E-state index in [-0.39, 0.29) is 11.6 Å². The molecule has 0 saturated heterocycles. The lowest BCUT2D eigenvalue weighted by atomic mass is 9.68. The normalized spacial score (nSPS) is 15.2. The average molecular weight is 602 g/mol. The molecule has 2 rings (SSSR count). The van der Waals surface area contributed by atoms with Gasteiger partial charge in [0, 0.05) is 0 Å². The van der Waals surface area contributed by atoms with Crippen LogP contribution in [0, 0.1) is 10.8 Å². The maximum Gasteiger partial charge on any atom is 0.352 e. The Hall–Kier alpha value is -2.92. The molecule has 0 aromatic heterocycles. The van der Waals surface area contributed by atoms with Crippen LogP contribution in [0.5, 0.6) is 23.0 Å². The second-order valence-corrected chi connectivity index (χ2v) is 15.1. The van der Waals surface area contributed by atoms with E-state index >= 15 is 4.57 Å². The second kappa shape index (κ2) is 13.6. The van der Waals surface area contributed by atoms with Gasteiger partial charge < -0.3 is 18.9 Å². The van der Waals surface area contributed by atoms with Gasteiger partial charge in [0.15, 0.2) is 21.9 Å². The van der Waals surface area contributed by atoms with Crippen molar-refractivity contribution in [3.05, 3.63) is 47.5 Å². The number of carbonyl (C=O) groups is 2. The SMILES string of the molecule is CCCC(C)(C(=O)c1c(OC)cccc1OC)C(C)(C)[P+](=O)C(C)(C)C(C)(CCC)C(=O)c1c(OC)cccc1OC. The van der Waals surface area contributed by atoms with Crippen LogP contribution in [0.4, 0.5) is 0 Å². The smallest absolute Gasteiger partial charge is 0.352 e. The Labute approximate surface area is 253 Å². The van der Waals surface area contributed by atoms with Crippen molar-refractivity contribution in [3.63, 3.8) is 0 Å². The summed E-state index contributed by atoms with van der Waals surface area (Å²) < 4.78 is 37.5. The van der Waals surface area contributed by atoms with E-state index < -0.39 is 28.9 Å². The number of ether oxygens (including phenoxy) is 4. The number of hydrogen-bond acceptors (Lipinski definition) is 7. The van der Waals surface area contributed by atoms with Crippen LogP contribution in [0.1, 0.15) is 102 Å². The zero-order chi connectivity index (χ0) is 32.1. The number of methoxy groups -OCH3 is 4. The van der Waals surface area contributed by atoms with Gasteiger partial charge >= 0.3 is 7.80 Å². The molecule has 2 unspecified atom stereocenters. The molecule has 2 aromatic rings. The molecular weight excluding hydrogens is 551 g/mol. The Balaban J connectivity index is 2.79. The summed E-state index contributed by atoms with van der Waals surface area (Å²) in [5, 5.41) is -2.07. The fourth-order valence-electron chi connectivity index (χ4n) is 6.24. The van der Waals surface area contributed by atoms with Crippen LogP contribution in [0.3, 0.4) is 0 Å². The largest absolute Gasteiger partial charge is 0.496 e. The number of rotatable bonds is 16. The first-order valence-corrected chi connectivity index (χ1v) is 15.9. The fourth-order valence-corrected chi connectivity index (χ4v) is 8.96. The van der Waals surface area contributed by atoms with E-state index in [4.69, 9.17) is 18.9 Å². The van der Waals surface area contributed by atoms with Gasteiger partial charge in [0.2, 0.25) is 0 Å². The number of benzene rings is 2. The lowest BCUT2D eigenvalue weighted by Gasteiger charge is -2.43. The molecular formula is C34H50O7P+. The Kier molecular flexibility index (Phi) is 11.4. The molecule has 0 spiro atoms. The third kappa shape index (κ3) is 5.82. The van der Waals surface area contributed by atoms with Crippen molar-refractivity contribution in [1.82, 2.24) is 0 Å². The summed E-state index contributed by atoms with van der Waals surface area (Å²) in [7, 11) is 3.85. The summed E-state index contributed by atoms with van der Waals surface area (Å²) in [6.07, 6.45) is 2.35. The van der Waals surface area contributed by atoms with Gasteiger partial charge in [0.1, 0.15) is 34.1 Å². The molecule has 42 heavy (non-hydrogen) atoms. The molecule has 2 aromatic carbocycles. The van der Waals surface area contributed by atoms with Crippen LogP contribution in [0.25, 0.3) is 0 Å². The van der Waals surface area contributed by atoms with Crippen LogP contribution < -0.4 is 18.9 Å². The van der Waals surface area contributed by atoms with Gasteiger partial charge in [-0.25, -0.2) is 0 Å². The molecule has 8 heteroatoms. The first-order chi connectivity index (χ1) is 19.6. The minimum absolute atomic E-state index is 0.197. The summed E-state index contributed by atoms with van der Waals surface area (Å²) in [5.74, 6) is 1.22. The topological polar surface area (TPSA) is 88.1 Å². The quantitative estimate of drug-likeness (QED) is 0.140. The zero-order valence-corrected chi connectivity index (χ0v) is 28.5. The van der Waals surface area contributed by atoms with Crippen LogP contribution >= 0.6 is 7.80 Å². The average Bonchev–Trinajstić information content (AvgIpc) is 2.98. The second-order valence-electron chi connectivity index (χ2n) is 12.3. The standard InChI is InChI=1S/C34H50O7P/c1-13-21-33(7,29(35)27-23(38-9)17-15-18-24(27)39-10)31(3,4)42(37)32(5,6)34(8,22-14-2)30(36)28-25(40-11)19-16-20-26(28)41-12/h15-20H,13-14,21-22H2,1-12H3/q+1. The monoisotopic (exact) mass is 601 g/mol. The third-order valence-corrected chi connectivity index (χ3v) is 12.5. The molecule has 2 atom stereocenters. The highest BCUT2D eigenvalue weighted by Crippen LogP contribution is 2.66. The lowest BCUT2D eigenvalue weighted by molar-refractivity contribution is 0.0707. The summed E-state index contributed by atoms with van der Waals surface area (Å²) in [5.41, 5.74) is -1.49. The van der Waals surface area contributed by atoms with Crippen molar-refractivity contribution >= 4 is 19.4 Å². The molecule has 0 bridgehead atoms. The molecule has 0 aliphatic heterocycles. The van der Waals surface area contributed by atoms with E-state index in [1.54, 1.807) is 36.4 Å². The summed E-state index contributed by atoms with van der Waals surface area (Å²) >= 11 is 0. The number of Topliss-reactive ketones (excluding diaryl/α,β-unsaturated/α-hetero) is 2. The van der Waals surface area contributed by atoms with Crippen molar-refractivity contribution in [2.24, 2.45) is 10.8 Å². The highest BCUT2D eigenvalue weighted by atomic mass is 31.1. The third-order valence-electron chi connectivity index (χ3n) is 9.53. The lowest BCUT2D eigenvalue weighted by Crippen LogP contribution is -2.52. The van der Waals surface area contributed by atoms with E-state index in [0.717, 1.165) is 0 Å². The minimum Gasteiger partial charge on any atom is -0.496 e. The first kappa shape index (κ1) is 35.3. The summed E-state index contributed by atoms with van der Waals surface area (Å²) in [6.45, 7) is 15.4. The van der Waals surface area contributed by atoms with Gasteiger partial charge in [-0.1, -0.05) is 43.4 Å². The maximum absolute atomic E-state index is 15.1. The summed E-state index contributed by atoms with van der Waals surface area (Å²) in [4.78, 5) is 29.2. The molecule has 7 nitrogen and oxygen atoms in total. The van der Waals surface area contributed by atoms with E-state index in [1.807, 2.05) is 55.4 Å². The number of carbonyl (C=O) groups excluding carboxylic acids is 2. The fraction of sp³-hybridized carbons (Fsp3) is 0.588. The Morgan fingerprint density at radius 3 is 1.07 bits per heavy atom. The number of hydrogen-bond donors (Lipinski definition) is 0. The van der Waals surface area contributed by atoms with Gasteiger partial charge in [0.25, 0.3) is 0 Å². The van der Waals surface area contributed by atoms with Crippen molar-refractivity contribution < 1.29 is 33.1 Å². The minimum atomic E-state index is -2.22. The van der Waals surface area contributed by atoms with Crippen molar-refractivity contribution in [1.29, 1.82) is 0 Å². The molecule has 0 heterocycles. The predicted octanol–water partition coefficient (Wildman–Crippen LogP) is 8.78. The van der Waals surface area contributed by atoms with Gasteiger partial charge in [0.05, 0.1) is 39.3 Å². The first-order valence-electron chi connectivity index (χ1n) is 14.6. The molecule has 0 aliphatic carbocycles. The maximum atomic E-state index is 15.1. The molecule has 0 saturated carbocycles. The van der Waals surface area contributed by atoms with E-state index in [0.29, 0.717) is 59.8 Å². The Morgan fingerprint density at radius 1 is 0.595 bits per heavy atom. The molecule has 0 amide bonds. The Bertz CT molecular complexity index is 1160. The van der Waals surface area contributed by atoms with Gasteiger partial charge in [-0.05, 0) is 78.6 Å². The highest BCUT2D eigenvalue weighted by Gasteiger charge is 2.69. The van der Waals surface area contributed by atoms with Crippen molar-refractivity contribution in [3.8, 4) is 23.0 Å². The van der Waals surface area contributed by atoms with E-state index in [2.05, 4.69) is 0 Å². The van der Waals surface area contributed by atoms with Gasteiger partial charge in [-0.15, -0.1) is 0 Å².